The van der Waals surface area contributed by atoms with E-state index in [9.17, 15) is 114 Å². The quantitative estimate of drug-likeness (QED) is 0.00991. The van der Waals surface area contributed by atoms with Crippen molar-refractivity contribution in [2.75, 3.05) is 86.2 Å². The van der Waals surface area contributed by atoms with Gasteiger partial charge in [-0.15, -0.1) is 0 Å². The molecule has 0 amide bonds. The van der Waals surface area contributed by atoms with Crippen molar-refractivity contribution in [3.05, 3.63) is 185 Å². The molecule has 1 aliphatic heterocycles. The van der Waals surface area contributed by atoms with Crippen molar-refractivity contribution >= 4 is 93.8 Å². The van der Waals surface area contributed by atoms with E-state index in [-0.39, 0.29) is 105 Å². The normalized spacial score (nSPS) is 17.1. The first-order valence-corrected chi connectivity index (χ1v) is 35.8. The molecule has 40 heteroatoms. The molecule has 7 aromatic rings. The van der Waals surface area contributed by atoms with Gasteiger partial charge in [0.2, 0.25) is 0 Å². The first-order chi connectivity index (χ1) is 55.9. The van der Waals surface area contributed by atoms with Gasteiger partial charge >= 0.3 is 59.7 Å². The van der Waals surface area contributed by atoms with Gasteiger partial charge in [0, 0.05) is 34.2 Å². The summed E-state index contributed by atoms with van der Waals surface area (Å²) >= 11 is 0. The van der Waals surface area contributed by atoms with Crippen molar-refractivity contribution < 1.29 is 155 Å². The van der Waals surface area contributed by atoms with Gasteiger partial charge in [-0.3, -0.25) is 58.6 Å². The number of aromatic carboxylic acids is 1. The number of carboxylic acid groups (broad SMARTS) is 9. The standard InChI is InChI=1S/C78H74F2N6O32/c1-77(2)45-24-61(112-36-39-18-55(83(32-71(95)96)33-72(97)98)65(26-53(39)85(106)107)116-59-9-5-7-57(59)114-63-20-41(110-3)12-15-51(63)81(28-67(87)88)29-68(89)90)49(79)22-47(45)78(44-14-11-38(75(103)104)17-43(44)76(105)118-78)48-23-50(80)62(25-46(48)77)113-37-40-19-56(84(34-73(99)100)35-74(101)102)66(27-54(40)86(108)109)117-60-10-6-8-58(60)115-64-21-42(111-4)13-16-52(64)82(30-69(91)92)31-70(93)94/h11-27,57-60H,5-10,28-37H2,1-4H3,(H,87,88)(H,89,90)(H,91,92)(H,93,94)(H,95,96)(H,97,98)(H,99,100)(H,101,102)(H,103,104)/t57-,58?,59+,60+,78?/m1/s1. The molecular weight excluding hydrogens is 1570 g/mol. The highest BCUT2D eigenvalue weighted by molar-refractivity contribution is 6.00. The van der Waals surface area contributed by atoms with Crippen molar-refractivity contribution in [3.63, 3.8) is 0 Å². The molecule has 2 unspecified atom stereocenters. The molecule has 0 bridgehead atoms. The molecule has 1 heterocycles. The van der Waals surface area contributed by atoms with Crippen molar-refractivity contribution in [1.82, 2.24) is 0 Å². The first kappa shape index (κ1) is 84.4. The Morgan fingerprint density at radius 1 is 0.432 bits per heavy atom. The van der Waals surface area contributed by atoms with Crippen LogP contribution in [0.4, 0.5) is 42.9 Å². The Balaban J connectivity index is 0.968. The molecule has 4 aliphatic rings. The van der Waals surface area contributed by atoms with E-state index in [1.807, 2.05) is 0 Å². The Bertz CT molecular complexity index is 4910. The number of nitrogens with zero attached hydrogens (tertiary/aromatic N) is 6. The van der Waals surface area contributed by atoms with Gasteiger partial charge in [-0.05, 0) is 122 Å². The van der Waals surface area contributed by atoms with E-state index < -0.39 is 233 Å². The molecule has 5 atom stereocenters. The fraction of sp³-hybridized carbons (Fsp3) is 0.333. The number of rotatable bonds is 39. The maximum Gasteiger partial charge on any atom is 0.340 e. The van der Waals surface area contributed by atoms with E-state index in [1.54, 1.807) is 0 Å². The van der Waals surface area contributed by atoms with Gasteiger partial charge in [0.1, 0.15) is 124 Å². The van der Waals surface area contributed by atoms with Crippen LogP contribution < -0.4 is 57.5 Å². The zero-order valence-electron chi connectivity index (χ0n) is 62.8. The number of hydrogen-bond acceptors (Lipinski definition) is 27. The van der Waals surface area contributed by atoms with Crippen molar-refractivity contribution in [2.45, 2.75) is 101 Å². The summed E-state index contributed by atoms with van der Waals surface area (Å²) in [6.07, 6.45) is -2.92. The SMILES string of the molecule is COc1ccc(N(CC(=O)O)CC(=O)O)c(OC2CCC[C@@H]2Oc2cc([N+](=O)[O-])c(COc3cc4c(cc3F)C3(OC(=O)c5cc(C(=O)O)ccc53)c3cc(F)c(OCc5cc(N(CC(=O)O)CC(=O)O)c(O[C@H]6CCC[C@H]6Oc6cc(OC)ccc6N(CC(=O)O)CC(=O)O)cc5[N+](=O)[O-])cc3C4(C)C)cc2N(CC(=O)O)CC(=O)O)c1. The highest BCUT2D eigenvalue weighted by atomic mass is 19.1. The van der Waals surface area contributed by atoms with Crippen LogP contribution in [0.5, 0.6) is 46.0 Å². The second-order valence-electron chi connectivity index (χ2n) is 28.1. The highest BCUT2D eigenvalue weighted by Crippen LogP contribution is 2.59. The number of esters is 1. The minimum Gasteiger partial charge on any atom is -0.497 e. The number of fused-ring (bicyclic) bond motifs is 6. The number of aliphatic carboxylic acids is 8. The predicted molar refractivity (Wildman–Crippen MR) is 400 cm³/mol. The highest BCUT2D eigenvalue weighted by Gasteiger charge is 2.57. The minimum absolute atomic E-state index is 0.000771. The fourth-order valence-electron chi connectivity index (χ4n) is 14.9. The molecule has 622 valence electrons. The van der Waals surface area contributed by atoms with Gasteiger partial charge < -0.3 is 108 Å². The average molecular weight is 1650 g/mol. The lowest BCUT2D eigenvalue weighted by molar-refractivity contribution is -0.386. The third kappa shape index (κ3) is 18.2. The zero-order valence-corrected chi connectivity index (χ0v) is 62.8. The summed E-state index contributed by atoms with van der Waals surface area (Å²) in [4.78, 5) is 153. The summed E-state index contributed by atoms with van der Waals surface area (Å²) < 4.78 is 90.0. The monoisotopic (exact) mass is 1640 g/mol. The summed E-state index contributed by atoms with van der Waals surface area (Å²) in [5, 5.41) is 116. The van der Waals surface area contributed by atoms with E-state index in [1.165, 1.54) is 70.5 Å². The Kier molecular flexibility index (Phi) is 24.8. The maximum absolute atomic E-state index is 17.5. The number of ether oxygens (including phenoxy) is 9. The van der Waals surface area contributed by atoms with Crippen LogP contribution >= 0.6 is 0 Å². The van der Waals surface area contributed by atoms with Crippen LogP contribution in [0, 0.1) is 31.9 Å². The Hall–Kier alpha value is -14.5. The van der Waals surface area contributed by atoms with E-state index >= 15 is 8.78 Å². The number of nitro groups is 2. The third-order valence-electron chi connectivity index (χ3n) is 20.0. The number of halogens is 2. The van der Waals surface area contributed by atoms with E-state index in [0.29, 0.717) is 12.8 Å². The van der Waals surface area contributed by atoms with Gasteiger partial charge in [-0.2, -0.15) is 0 Å². The van der Waals surface area contributed by atoms with Crippen LogP contribution in [0.3, 0.4) is 0 Å². The molecule has 0 aromatic heterocycles. The zero-order chi connectivity index (χ0) is 85.7. The van der Waals surface area contributed by atoms with Crippen molar-refractivity contribution in [2.24, 2.45) is 0 Å². The summed E-state index contributed by atoms with van der Waals surface area (Å²) in [6.45, 7) is -6.37. The van der Waals surface area contributed by atoms with E-state index in [0.717, 1.165) is 80.3 Å². The lowest BCUT2D eigenvalue weighted by Crippen LogP contribution is -2.41. The molecule has 38 nitrogen and oxygen atoms in total. The number of hydrogen-bond donors (Lipinski definition) is 9. The van der Waals surface area contributed by atoms with Gasteiger partial charge in [-0.25, -0.2) is 18.4 Å². The molecule has 1 spiro atoms. The minimum atomic E-state index is -2.40. The predicted octanol–water partition coefficient (Wildman–Crippen LogP) is 8.42. The molecule has 3 aliphatic carbocycles. The summed E-state index contributed by atoms with van der Waals surface area (Å²) in [7, 11) is 2.63. The third-order valence-corrected chi connectivity index (χ3v) is 20.0. The first-order valence-electron chi connectivity index (χ1n) is 35.8. The molecular formula is C78H74F2N6O32. The largest absolute Gasteiger partial charge is 0.497 e. The van der Waals surface area contributed by atoms with Crippen LogP contribution in [-0.4, -0.2) is 206 Å². The average Bonchev–Trinajstić information content (AvgIpc) is 1.41. The molecule has 0 saturated heterocycles. The van der Waals surface area contributed by atoms with Gasteiger partial charge in [0.15, 0.2) is 28.7 Å². The second-order valence-corrected chi connectivity index (χ2v) is 28.1. The number of methoxy groups -OCH3 is 2. The molecule has 118 heavy (non-hydrogen) atoms. The lowest BCUT2D eigenvalue weighted by Gasteiger charge is -2.44. The topological polar surface area (TPSA) is 535 Å². The van der Waals surface area contributed by atoms with Crippen LogP contribution in [0.2, 0.25) is 0 Å². The van der Waals surface area contributed by atoms with Crippen molar-refractivity contribution in [3.8, 4) is 46.0 Å². The van der Waals surface area contributed by atoms with Crippen LogP contribution in [0.15, 0.2) is 103 Å². The number of carbonyl (C=O) groups excluding carboxylic acids is 1. The summed E-state index contributed by atoms with van der Waals surface area (Å²) in [5.74, 6) is -19.2. The second kappa shape index (κ2) is 34.7. The molecule has 2 fully saturated rings. The lowest BCUT2D eigenvalue weighted by atomic mass is 9.61. The molecule has 0 radical (unpaired) electrons. The number of carbonyl (C=O) groups is 10. The van der Waals surface area contributed by atoms with Gasteiger partial charge in [0.25, 0.3) is 11.4 Å². The molecule has 11 rings (SSSR count). The summed E-state index contributed by atoms with van der Waals surface area (Å²) in [6, 6.07) is 19.1. The van der Waals surface area contributed by atoms with Gasteiger partial charge in [0.05, 0.1) is 81.2 Å². The summed E-state index contributed by atoms with van der Waals surface area (Å²) in [5.41, 5.74) is -8.65. The van der Waals surface area contributed by atoms with Crippen LogP contribution in [-0.2, 0) is 67.3 Å². The molecule has 2 saturated carbocycles. The fourth-order valence-corrected chi connectivity index (χ4v) is 14.9. The number of benzene rings is 7. The number of nitro benzene ring substituents is 2. The Labute approximate surface area is 664 Å². The van der Waals surface area contributed by atoms with E-state index in [4.69, 9.17) is 42.6 Å². The van der Waals surface area contributed by atoms with Gasteiger partial charge in [-0.1, -0.05) is 19.9 Å². The van der Waals surface area contributed by atoms with E-state index in [2.05, 4.69) is 0 Å². The maximum atomic E-state index is 17.5. The molecule has 7 aromatic carbocycles. The molecule has 9 N–H and O–H groups in total. The Morgan fingerprint density at radius 2 is 0.763 bits per heavy atom. The number of carboxylic acids is 9. The van der Waals surface area contributed by atoms with Crippen LogP contribution in [0.25, 0.3) is 0 Å². The van der Waals surface area contributed by atoms with Crippen molar-refractivity contribution in [1.29, 1.82) is 0 Å². The Morgan fingerprint density at radius 3 is 1.08 bits per heavy atom. The number of anilines is 4. The smallest absolute Gasteiger partial charge is 0.340 e. The van der Waals surface area contributed by atoms with Crippen LogP contribution in [0.1, 0.15) is 112 Å².